The number of nitrogens with zero attached hydrogens (tertiary/aromatic N) is 4. The van der Waals surface area contributed by atoms with Crippen molar-refractivity contribution < 1.29 is 0 Å². The van der Waals surface area contributed by atoms with E-state index in [4.69, 9.17) is 5.73 Å². The van der Waals surface area contributed by atoms with Gasteiger partial charge in [-0.15, -0.1) is 0 Å². The number of hydrogen-bond acceptors (Lipinski definition) is 5. The van der Waals surface area contributed by atoms with Crippen molar-refractivity contribution in [2.75, 3.05) is 17.7 Å². The van der Waals surface area contributed by atoms with Crippen LogP contribution in [0.4, 0.5) is 11.8 Å². The summed E-state index contributed by atoms with van der Waals surface area (Å²) in [6.45, 7) is 0.697. The van der Waals surface area contributed by atoms with E-state index in [9.17, 15) is 0 Å². The standard InChI is InChI=1S/C20H21N7/c1-27(11-13-3-2-4-16-14(13)7-8-22-16)20-23-10-15(19(21)24-20)18-9-17(25-26-18)12-5-6-12/h2-4,7-10,12,22H,5-6,11H2,1H3,(H,25,26)(H2,21,23,24). The van der Waals surface area contributed by atoms with Gasteiger partial charge in [-0.1, -0.05) is 12.1 Å². The summed E-state index contributed by atoms with van der Waals surface area (Å²) in [7, 11) is 1.97. The van der Waals surface area contributed by atoms with Gasteiger partial charge >= 0.3 is 0 Å². The highest BCUT2D eigenvalue weighted by atomic mass is 15.2. The zero-order valence-corrected chi connectivity index (χ0v) is 15.1. The van der Waals surface area contributed by atoms with Crippen molar-refractivity contribution in [1.29, 1.82) is 0 Å². The number of aromatic amines is 2. The van der Waals surface area contributed by atoms with Gasteiger partial charge in [0.05, 0.1) is 11.3 Å². The molecule has 3 heterocycles. The second-order valence-electron chi connectivity index (χ2n) is 7.16. The lowest BCUT2D eigenvalue weighted by atomic mass is 10.1. The van der Waals surface area contributed by atoms with E-state index in [1.165, 1.54) is 29.5 Å². The van der Waals surface area contributed by atoms with E-state index >= 15 is 0 Å². The van der Waals surface area contributed by atoms with Crippen molar-refractivity contribution in [3.05, 3.63) is 54.0 Å². The van der Waals surface area contributed by atoms with Crippen LogP contribution in [-0.4, -0.2) is 32.2 Å². The molecule has 1 aliphatic rings. The van der Waals surface area contributed by atoms with E-state index in [0.29, 0.717) is 24.2 Å². The number of benzene rings is 1. The van der Waals surface area contributed by atoms with Crippen molar-refractivity contribution in [2.45, 2.75) is 25.3 Å². The molecular weight excluding hydrogens is 338 g/mol. The maximum absolute atomic E-state index is 6.22. The van der Waals surface area contributed by atoms with Gasteiger partial charge in [0, 0.05) is 48.5 Å². The molecule has 0 aliphatic heterocycles. The summed E-state index contributed by atoms with van der Waals surface area (Å²) >= 11 is 0. The predicted molar refractivity (Wildman–Crippen MR) is 106 cm³/mol. The summed E-state index contributed by atoms with van der Waals surface area (Å²) in [5.74, 6) is 1.66. The number of nitrogens with one attached hydrogen (secondary N) is 2. The van der Waals surface area contributed by atoms with E-state index < -0.39 is 0 Å². The number of nitrogen functional groups attached to an aromatic ring is 1. The Kier molecular flexibility index (Phi) is 3.60. The predicted octanol–water partition coefficient (Wildman–Crippen LogP) is 3.44. The lowest BCUT2D eigenvalue weighted by Gasteiger charge is -2.18. The van der Waals surface area contributed by atoms with Gasteiger partial charge in [-0.25, -0.2) is 4.98 Å². The van der Waals surface area contributed by atoms with Crippen LogP contribution in [0, 0.1) is 0 Å². The zero-order chi connectivity index (χ0) is 18.4. The highest BCUT2D eigenvalue weighted by molar-refractivity contribution is 5.83. The molecule has 0 amide bonds. The maximum atomic E-state index is 6.22. The minimum Gasteiger partial charge on any atom is -0.383 e. The summed E-state index contributed by atoms with van der Waals surface area (Å²) in [4.78, 5) is 14.3. The molecule has 7 heteroatoms. The van der Waals surface area contributed by atoms with Crippen LogP contribution in [0.3, 0.4) is 0 Å². The molecule has 1 fully saturated rings. The van der Waals surface area contributed by atoms with E-state index in [1.807, 2.05) is 18.1 Å². The van der Waals surface area contributed by atoms with Gasteiger partial charge < -0.3 is 15.6 Å². The number of hydrogen-bond donors (Lipinski definition) is 3. The first-order chi connectivity index (χ1) is 13.2. The number of nitrogens with two attached hydrogens (primary N) is 1. The molecule has 1 aromatic carbocycles. The third kappa shape index (κ3) is 2.91. The van der Waals surface area contributed by atoms with Crippen LogP contribution in [0.2, 0.25) is 0 Å². The van der Waals surface area contributed by atoms with Crippen LogP contribution in [0.1, 0.15) is 30.0 Å². The summed E-state index contributed by atoms with van der Waals surface area (Å²) in [5.41, 5.74) is 11.3. The lowest BCUT2D eigenvalue weighted by molar-refractivity contribution is 0.874. The van der Waals surface area contributed by atoms with Crippen molar-refractivity contribution in [3.8, 4) is 11.3 Å². The zero-order valence-electron chi connectivity index (χ0n) is 15.1. The van der Waals surface area contributed by atoms with E-state index in [1.54, 1.807) is 6.20 Å². The summed E-state index contributed by atoms with van der Waals surface area (Å²) in [6, 6.07) is 10.4. The molecule has 0 bridgehead atoms. The van der Waals surface area contributed by atoms with E-state index in [2.05, 4.69) is 55.5 Å². The molecule has 7 nitrogen and oxygen atoms in total. The molecular formula is C20H21N7. The molecule has 136 valence electrons. The van der Waals surface area contributed by atoms with Gasteiger partial charge in [0.25, 0.3) is 0 Å². The number of aromatic nitrogens is 5. The number of anilines is 2. The SMILES string of the molecule is CN(Cc1cccc2[nH]ccc12)c1ncc(-c2cc(C3CC3)[nH]n2)c(N)n1. The topological polar surface area (TPSA) is 99.5 Å². The van der Waals surface area contributed by atoms with Crippen molar-refractivity contribution in [2.24, 2.45) is 0 Å². The van der Waals surface area contributed by atoms with Crippen LogP contribution in [-0.2, 0) is 6.54 Å². The number of H-pyrrole nitrogens is 2. The Hall–Kier alpha value is -3.35. The van der Waals surface area contributed by atoms with Crippen LogP contribution < -0.4 is 10.6 Å². The third-order valence-corrected chi connectivity index (χ3v) is 5.13. The summed E-state index contributed by atoms with van der Waals surface area (Å²) in [6.07, 6.45) is 6.17. The Bertz CT molecular complexity index is 1110. The van der Waals surface area contributed by atoms with Crippen LogP contribution in [0.15, 0.2) is 42.7 Å². The van der Waals surface area contributed by atoms with E-state index in [0.717, 1.165) is 16.8 Å². The fraction of sp³-hybridized carbons (Fsp3) is 0.250. The normalized spacial score (nSPS) is 14.0. The average Bonchev–Trinajstić information content (AvgIpc) is 3.20. The molecule has 0 unspecified atom stereocenters. The summed E-state index contributed by atoms with van der Waals surface area (Å²) < 4.78 is 0. The highest BCUT2D eigenvalue weighted by Gasteiger charge is 2.26. The molecule has 1 aliphatic carbocycles. The quantitative estimate of drug-likeness (QED) is 0.507. The molecule has 0 radical (unpaired) electrons. The van der Waals surface area contributed by atoms with Gasteiger partial charge in [-0.2, -0.15) is 10.1 Å². The molecule has 4 aromatic rings. The van der Waals surface area contributed by atoms with Gasteiger partial charge in [0.2, 0.25) is 5.95 Å². The Morgan fingerprint density at radius 1 is 1.26 bits per heavy atom. The first-order valence-electron chi connectivity index (χ1n) is 9.13. The fourth-order valence-corrected chi connectivity index (χ4v) is 3.46. The fourth-order valence-electron chi connectivity index (χ4n) is 3.46. The Morgan fingerprint density at radius 2 is 2.15 bits per heavy atom. The molecule has 0 spiro atoms. The van der Waals surface area contributed by atoms with Gasteiger partial charge in [0.1, 0.15) is 5.82 Å². The molecule has 0 atom stereocenters. The van der Waals surface area contributed by atoms with Crippen LogP contribution in [0.5, 0.6) is 0 Å². The first-order valence-corrected chi connectivity index (χ1v) is 9.13. The smallest absolute Gasteiger partial charge is 0.227 e. The minimum absolute atomic E-state index is 0.445. The average molecular weight is 359 g/mol. The van der Waals surface area contributed by atoms with Crippen LogP contribution >= 0.6 is 0 Å². The lowest BCUT2D eigenvalue weighted by Crippen LogP contribution is -2.19. The summed E-state index contributed by atoms with van der Waals surface area (Å²) in [5, 5.41) is 8.69. The van der Waals surface area contributed by atoms with Crippen molar-refractivity contribution >= 4 is 22.7 Å². The van der Waals surface area contributed by atoms with E-state index in [-0.39, 0.29) is 0 Å². The molecule has 4 N–H and O–H groups in total. The molecule has 0 saturated heterocycles. The first kappa shape index (κ1) is 15.9. The third-order valence-electron chi connectivity index (χ3n) is 5.13. The molecule has 3 aromatic heterocycles. The van der Waals surface area contributed by atoms with Crippen molar-refractivity contribution in [1.82, 2.24) is 25.1 Å². The van der Waals surface area contributed by atoms with Crippen molar-refractivity contribution in [3.63, 3.8) is 0 Å². The Labute approximate surface area is 156 Å². The molecule has 27 heavy (non-hydrogen) atoms. The van der Waals surface area contributed by atoms with Crippen LogP contribution in [0.25, 0.3) is 22.2 Å². The molecule has 1 saturated carbocycles. The van der Waals surface area contributed by atoms with Gasteiger partial charge in [-0.3, -0.25) is 5.10 Å². The second kappa shape index (κ2) is 6.12. The number of fused-ring (bicyclic) bond motifs is 1. The highest BCUT2D eigenvalue weighted by Crippen LogP contribution is 2.40. The minimum atomic E-state index is 0.445. The largest absolute Gasteiger partial charge is 0.383 e. The number of rotatable bonds is 5. The van der Waals surface area contributed by atoms with Gasteiger partial charge in [0.15, 0.2) is 0 Å². The molecule has 5 rings (SSSR count). The monoisotopic (exact) mass is 359 g/mol. The van der Waals surface area contributed by atoms with Gasteiger partial charge in [-0.05, 0) is 36.6 Å². The Balaban J connectivity index is 1.40. The maximum Gasteiger partial charge on any atom is 0.227 e. The Morgan fingerprint density at radius 3 is 2.96 bits per heavy atom. The second-order valence-corrected chi connectivity index (χ2v) is 7.16.